The van der Waals surface area contributed by atoms with Crippen molar-refractivity contribution in [2.75, 3.05) is 37.4 Å². The maximum absolute atomic E-state index is 13.1. The Balaban J connectivity index is 1.79. The number of aliphatic hydroxyl groups excluding tert-OH is 1. The van der Waals surface area contributed by atoms with E-state index in [0.29, 0.717) is 46.7 Å². The lowest BCUT2D eigenvalue weighted by Crippen LogP contribution is -2.26. The van der Waals surface area contributed by atoms with E-state index in [2.05, 4.69) is 10.6 Å². The Bertz CT molecular complexity index is 1390. The quantitative estimate of drug-likeness (QED) is 0.142. The van der Waals surface area contributed by atoms with Gasteiger partial charge in [-0.2, -0.15) is 0 Å². The SMILES string of the molecule is Cc1ccc(OCCCNC(=O)c2cc(SCCC(=O)CO)c3c(NC(=O)OCC(C)C)cccc3c2O)c(C)c1. The van der Waals surface area contributed by atoms with Crippen molar-refractivity contribution in [2.24, 2.45) is 5.92 Å². The largest absolute Gasteiger partial charge is 0.506 e. The van der Waals surface area contributed by atoms with E-state index in [4.69, 9.17) is 14.6 Å². The molecule has 0 bridgehead atoms. The summed E-state index contributed by atoms with van der Waals surface area (Å²) in [6.45, 7) is 8.29. The van der Waals surface area contributed by atoms with E-state index in [-0.39, 0.29) is 36.0 Å². The van der Waals surface area contributed by atoms with Gasteiger partial charge in [-0.15, -0.1) is 11.8 Å². The van der Waals surface area contributed by atoms with Crippen LogP contribution in [-0.4, -0.2) is 60.1 Å². The number of ether oxygens (including phenoxy) is 2. The second kappa shape index (κ2) is 15.3. The summed E-state index contributed by atoms with van der Waals surface area (Å²) in [7, 11) is 0. The normalized spacial score (nSPS) is 11.0. The number of phenolic OH excluding ortho intramolecular Hbond substituents is 1. The van der Waals surface area contributed by atoms with E-state index in [1.54, 1.807) is 24.3 Å². The minimum atomic E-state index is -0.637. The summed E-state index contributed by atoms with van der Waals surface area (Å²) in [4.78, 5) is 37.8. The number of Topliss-reactive ketones (excluding diaryl/α,β-unsaturated/α-hetero) is 1. The number of carbonyl (C=O) groups excluding carboxylic acids is 3. The molecule has 41 heavy (non-hydrogen) atoms. The highest BCUT2D eigenvalue weighted by Crippen LogP contribution is 2.40. The predicted molar refractivity (Wildman–Crippen MR) is 161 cm³/mol. The van der Waals surface area contributed by atoms with E-state index < -0.39 is 18.6 Å². The molecule has 9 nitrogen and oxygen atoms in total. The Labute approximate surface area is 244 Å². The number of amides is 2. The summed E-state index contributed by atoms with van der Waals surface area (Å²) >= 11 is 1.29. The molecule has 0 aliphatic heterocycles. The number of aromatic hydroxyl groups is 1. The molecule has 0 unspecified atom stereocenters. The third kappa shape index (κ3) is 9.12. The van der Waals surface area contributed by atoms with Gasteiger partial charge in [0.25, 0.3) is 5.91 Å². The summed E-state index contributed by atoms with van der Waals surface area (Å²) in [6.07, 6.45) is 0.0459. The molecule has 3 aromatic rings. The Hall–Kier alpha value is -3.76. The predicted octanol–water partition coefficient (Wildman–Crippen LogP) is 5.61. The van der Waals surface area contributed by atoms with Gasteiger partial charge in [0.1, 0.15) is 18.1 Å². The van der Waals surface area contributed by atoms with Gasteiger partial charge in [0.15, 0.2) is 5.78 Å². The van der Waals surface area contributed by atoms with E-state index >= 15 is 0 Å². The number of benzene rings is 3. The number of rotatable bonds is 14. The molecule has 0 spiro atoms. The topological polar surface area (TPSA) is 134 Å². The standard InChI is InChI=1S/C31H38N2O7S/c1-19(2)18-40-31(38)33-25-8-5-7-23-28(25)27(41-14-11-22(35)17-34)16-24(29(23)36)30(37)32-12-6-13-39-26-10-9-20(3)15-21(26)4/h5,7-10,15-16,19,34,36H,6,11-14,17-18H2,1-4H3,(H,32,37)(H,33,38). The van der Waals surface area contributed by atoms with Crippen LogP contribution < -0.4 is 15.4 Å². The van der Waals surface area contributed by atoms with Crippen molar-refractivity contribution < 1.29 is 34.1 Å². The highest BCUT2D eigenvalue weighted by molar-refractivity contribution is 7.99. The minimum Gasteiger partial charge on any atom is -0.506 e. The molecule has 4 N–H and O–H groups in total. The fraction of sp³-hybridized carbons (Fsp3) is 0.387. The second-order valence-corrected chi connectivity index (χ2v) is 11.3. The van der Waals surface area contributed by atoms with Crippen molar-refractivity contribution in [3.8, 4) is 11.5 Å². The van der Waals surface area contributed by atoms with Crippen LogP contribution in [0.3, 0.4) is 0 Å². The van der Waals surface area contributed by atoms with Gasteiger partial charge in [0, 0.05) is 34.4 Å². The van der Waals surface area contributed by atoms with Crippen LogP contribution in [0.4, 0.5) is 10.5 Å². The van der Waals surface area contributed by atoms with E-state index in [1.807, 2.05) is 45.9 Å². The van der Waals surface area contributed by atoms with Crippen LogP contribution in [0.1, 0.15) is 48.2 Å². The van der Waals surface area contributed by atoms with Gasteiger partial charge in [-0.1, -0.05) is 43.7 Å². The fourth-order valence-electron chi connectivity index (χ4n) is 4.08. The van der Waals surface area contributed by atoms with Gasteiger partial charge < -0.3 is 25.0 Å². The van der Waals surface area contributed by atoms with E-state index in [0.717, 1.165) is 16.9 Å². The van der Waals surface area contributed by atoms with Crippen molar-refractivity contribution in [1.29, 1.82) is 0 Å². The molecule has 10 heteroatoms. The Kier molecular flexibility index (Phi) is 11.9. The average Bonchev–Trinajstić information content (AvgIpc) is 2.93. The number of aryl methyl sites for hydroxylation is 2. The molecule has 0 atom stereocenters. The first-order chi connectivity index (χ1) is 19.6. The zero-order valence-electron chi connectivity index (χ0n) is 23.9. The zero-order valence-corrected chi connectivity index (χ0v) is 24.7. The summed E-state index contributed by atoms with van der Waals surface area (Å²) < 4.78 is 11.1. The Morgan fingerprint density at radius 3 is 2.56 bits per heavy atom. The molecule has 0 aromatic heterocycles. The molecule has 0 heterocycles. The molecular weight excluding hydrogens is 544 g/mol. The van der Waals surface area contributed by atoms with Gasteiger partial charge in [-0.05, 0) is 49.9 Å². The highest BCUT2D eigenvalue weighted by Gasteiger charge is 2.20. The van der Waals surface area contributed by atoms with Gasteiger partial charge in [-0.3, -0.25) is 14.9 Å². The lowest BCUT2D eigenvalue weighted by atomic mass is 10.0. The molecule has 0 radical (unpaired) electrons. The van der Waals surface area contributed by atoms with Crippen molar-refractivity contribution in [2.45, 2.75) is 45.4 Å². The smallest absolute Gasteiger partial charge is 0.411 e. The number of nitrogens with one attached hydrogen (secondary N) is 2. The fourth-order valence-corrected chi connectivity index (χ4v) is 5.19. The second-order valence-electron chi connectivity index (χ2n) is 10.1. The molecule has 3 aromatic carbocycles. The van der Waals surface area contributed by atoms with Crippen molar-refractivity contribution in [1.82, 2.24) is 5.32 Å². The molecule has 0 aliphatic carbocycles. The van der Waals surface area contributed by atoms with Crippen LogP contribution in [0.2, 0.25) is 0 Å². The number of anilines is 1. The molecule has 220 valence electrons. The van der Waals surface area contributed by atoms with Crippen LogP contribution in [0.5, 0.6) is 11.5 Å². The number of ketones is 1. The number of thioether (sulfide) groups is 1. The Morgan fingerprint density at radius 1 is 1.07 bits per heavy atom. The summed E-state index contributed by atoms with van der Waals surface area (Å²) in [5.74, 6) is 0.303. The molecular formula is C31H38N2O7S. The number of phenols is 1. The molecule has 0 aliphatic rings. The number of hydrogen-bond acceptors (Lipinski definition) is 8. The number of fused-ring (bicyclic) bond motifs is 1. The average molecular weight is 583 g/mol. The van der Waals surface area contributed by atoms with Crippen molar-refractivity contribution >= 4 is 46.0 Å². The third-order valence-corrected chi connectivity index (χ3v) is 7.18. The summed E-state index contributed by atoms with van der Waals surface area (Å²) in [6, 6.07) is 12.5. The van der Waals surface area contributed by atoms with Crippen LogP contribution in [-0.2, 0) is 9.53 Å². The molecule has 0 saturated carbocycles. The zero-order chi connectivity index (χ0) is 29.9. The first kappa shape index (κ1) is 31.8. The van der Waals surface area contributed by atoms with Crippen molar-refractivity contribution in [3.05, 3.63) is 59.2 Å². The first-order valence-corrected chi connectivity index (χ1v) is 14.5. The van der Waals surface area contributed by atoms with E-state index in [1.165, 1.54) is 11.8 Å². The number of aliphatic hydroxyl groups is 1. The number of carbonyl (C=O) groups is 3. The van der Waals surface area contributed by atoms with E-state index in [9.17, 15) is 19.5 Å². The number of hydrogen-bond donors (Lipinski definition) is 4. The summed E-state index contributed by atoms with van der Waals surface area (Å²) in [5, 5.41) is 26.6. The lowest BCUT2D eigenvalue weighted by molar-refractivity contribution is -0.121. The molecule has 0 saturated heterocycles. The van der Waals surface area contributed by atoms with Crippen LogP contribution in [0.25, 0.3) is 10.8 Å². The molecule has 0 fully saturated rings. The minimum absolute atomic E-state index is 0.0725. The van der Waals surface area contributed by atoms with Crippen LogP contribution >= 0.6 is 11.8 Å². The van der Waals surface area contributed by atoms with Gasteiger partial charge in [0.05, 0.1) is 24.5 Å². The first-order valence-electron chi connectivity index (χ1n) is 13.6. The monoisotopic (exact) mass is 582 g/mol. The third-order valence-electron chi connectivity index (χ3n) is 6.14. The van der Waals surface area contributed by atoms with Crippen molar-refractivity contribution in [3.63, 3.8) is 0 Å². The highest BCUT2D eigenvalue weighted by atomic mass is 32.2. The van der Waals surface area contributed by atoms with Gasteiger partial charge in [-0.25, -0.2) is 4.79 Å². The van der Waals surface area contributed by atoms with Crippen LogP contribution in [0.15, 0.2) is 47.4 Å². The van der Waals surface area contributed by atoms with Gasteiger partial charge in [0.2, 0.25) is 0 Å². The van der Waals surface area contributed by atoms with Gasteiger partial charge >= 0.3 is 6.09 Å². The summed E-state index contributed by atoms with van der Waals surface area (Å²) in [5.41, 5.74) is 2.67. The lowest BCUT2D eigenvalue weighted by Gasteiger charge is -2.17. The maximum atomic E-state index is 13.1. The maximum Gasteiger partial charge on any atom is 0.411 e. The Morgan fingerprint density at radius 2 is 1.85 bits per heavy atom. The molecule has 3 rings (SSSR count). The van der Waals surface area contributed by atoms with Crippen LogP contribution in [0, 0.1) is 19.8 Å². The molecule has 2 amide bonds.